The standard InChI is InChI=1S/C12H16ClNO/c1-3-4-8-11(15)14-12-9(2)6-5-7-10(12)13/h5-7H,3-4,8H2,1-2H3,(H,14,15). The number of unbranched alkanes of at least 4 members (excludes halogenated alkanes) is 1. The molecule has 0 aliphatic carbocycles. The minimum absolute atomic E-state index is 0.0352. The van der Waals surface area contributed by atoms with E-state index in [9.17, 15) is 4.79 Å². The molecule has 3 heteroatoms. The van der Waals surface area contributed by atoms with Gasteiger partial charge in [-0.2, -0.15) is 0 Å². The summed E-state index contributed by atoms with van der Waals surface area (Å²) in [5, 5.41) is 3.44. The van der Waals surface area contributed by atoms with Gasteiger partial charge in [0.1, 0.15) is 0 Å². The van der Waals surface area contributed by atoms with Crippen molar-refractivity contribution in [2.24, 2.45) is 0 Å². The van der Waals surface area contributed by atoms with E-state index in [2.05, 4.69) is 12.2 Å². The second-order valence-electron chi connectivity index (χ2n) is 3.58. The fraction of sp³-hybridized carbons (Fsp3) is 0.417. The number of benzene rings is 1. The minimum Gasteiger partial charge on any atom is -0.325 e. The van der Waals surface area contributed by atoms with Gasteiger partial charge in [-0.25, -0.2) is 0 Å². The van der Waals surface area contributed by atoms with Crippen LogP contribution < -0.4 is 5.32 Å². The molecule has 82 valence electrons. The summed E-state index contributed by atoms with van der Waals surface area (Å²) in [6.45, 7) is 4.00. The molecule has 1 aromatic rings. The molecule has 15 heavy (non-hydrogen) atoms. The molecule has 2 nitrogen and oxygen atoms in total. The van der Waals surface area contributed by atoms with Crippen molar-refractivity contribution in [2.75, 3.05) is 5.32 Å². The number of nitrogens with one attached hydrogen (secondary N) is 1. The highest BCUT2D eigenvalue weighted by molar-refractivity contribution is 6.33. The molecule has 0 atom stereocenters. The third-order valence-electron chi connectivity index (χ3n) is 2.24. The van der Waals surface area contributed by atoms with Crippen molar-refractivity contribution in [1.82, 2.24) is 0 Å². The van der Waals surface area contributed by atoms with Gasteiger partial charge in [-0.15, -0.1) is 0 Å². The average Bonchev–Trinajstić information content (AvgIpc) is 2.21. The molecular formula is C12H16ClNO. The number of aryl methyl sites for hydroxylation is 1. The molecule has 0 saturated heterocycles. The molecular weight excluding hydrogens is 210 g/mol. The maximum atomic E-state index is 11.5. The molecule has 1 aromatic carbocycles. The lowest BCUT2D eigenvalue weighted by atomic mass is 10.2. The van der Waals surface area contributed by atoms with Crippen molar-refractivity contribution in [3.63, 3.8) is 0 Å². The van der Waals surface area contributed by atoms with E-state index >= 15 is 0 Å². The SMILES string of the molecule is CCCCC(=O)Nc1c(C)cccc1Cl. The molecule has 1 amide bonds. The van der Waals surface area contributed by atoms with Crippen molar-refractivity contribution in [2.45, 2.75) is 33.1 Å². The quantitative estimate of drug-likeness (QED) is 0.830. The van der Waals surface area contributed by atoms with Crippen molar-refractivity contribution < 1.29 is 4.79 Å². The van der Waals surface area contributed by atoms with Gasteiger partial charge in [-0.3, -0.25) is 4.79 Å². The molecule has 0 fully saturated rings. The number of carbonyl (C=O) groups is 1. The number of rotatable bonds is 4. The van der Waals surface area contributed by atoms with Gasteiger partial charge >= 0.3 is 0 Å². The summed E-state index contributed by atoms with van der Waals surface area (Å²) in [6, 6.07) is 5.59. The van der Waals surface area contributed by atoms with E-state index in [1.54, 1.807) is 6.07 Å². The molecule has 0 spiro atoms. The van der Waals surface area contributed by atoms with Crippen LogP contribution in [0.3, 0.4) is 0 Å². The summed E-state index contributed by atoms with van der Waals surface area (Å²) in [4.78, 5) is 11.5. The Labute approximate surface area is 95.6 Å². The zero-order chi connectivity index (χ0) is 11.3. The third kappa shape index (κ3) is 3.56. The van der Waals surface area contributed by atoms with E-state index in [-0.39, 0.29) is 5.91 Å². The number of hydrogen-bond acceptors (Lipinski definition) is 1. The van der Waals surface area contributed by atoms with Gasteiger partial charge in [-0.05, 0) is 25.0 Å². The van der Waals surface area contributed by atoms with Gasteiger partial charge in [0.15, 0.2) is 0 Å². The van der Waals surface area contributed by atoms with Crippen LogP contribution in [0.15, 0.2) is 18.2 Å². The zero-order valence-corrected chi connectivity index (χ0v) is 9.90. The normalized spacial score (nSPS) is 10.1. The van der Waals surface area contributed by atoms with Gasteiger partial charge in [0, 0.05) is 6.42 Å². The van der Waals surface area contributed by atoms with Crippen LogP contribution in [0.1, 0.15) is 31.7 Å². The minimum atomic E-state index is 0.0352. The lowest BCUT2D eigenvalue weighted by Crippen LogP contribution is -2.12. The van der Waals surface area contributed by atoms with Crippen LogP contribution in [0.25, 0.3) is 0 Å². The predicted octanol–water partition coefficient (Wildman–Crippen LogP) is 3.78. The van der Waals surface area contributed by atoms with E-state index in [0.717, 1.165) is 24.1 Å². The largest absolute Gasteiger partial charge is 0.325 e. The van der Waals surface area contributed by atoms with Crippen LogP contribution in [0.4, 0.5) is 5.69 Å². The van der Waals surface area contributed by atoms with Crippen LogP contribution in [-0.2, 0) is 4.79 Å². The first-order valence-corrected chi connectivity index (χ1v) is 5.58. The molecule has 0 bridgehead atoms. The second kappa shape index (κ2) is 5.76. The van der Waals surface area contributed by atoms with Gasteiger partial charge in [0.25, 0.3) is 0 Å². The molecule has 0 aliphatic heterocycles. The summed E-state index contributed by atoms with van der Waals surface area (Å²) in [5.41, 5.74) is 1.73. The molecule has 0 radical (unpaired) electrons. The van der Waals surface area contributed by atoms with Gasteiger partial charge in [0.2, 0.25) is 5.91 Å². The summed E-state index contributed by atoms with van der Waals surface area (Å²) in [7, 11) is 0. The topological polar surface area (TPSA) is 29.1 Å². The lowest BCUT2D eigenvalue weighted by molar-refractivity contribution is -0.116. The maximum absolute atomic E-state index is 11.5. The Bertz CT molecular complexity index is 329. The van der Waals surface area contributed by atoms with Gasteiger partial charge in [-0.1, -0.05) is 37.1 Å². The number of para-hydroxylation sites is 1. The summed E-state index contributed by atoms with van der Waals surface area (Å²) >= 11 is 5.99. The first kappa shape index (κ1) is 12.1. The first-order valence-electron chi connectivity index (χ1n) is 5.20. The summed E-state index contributed by atoms with van der Waals surface area (Å²) in [6.07, 6.45) is 2.49. The highest BCUT2D eigenvalue weighted by Crippen LogP contribution is 2.25. The Morgan fingerprint density at radius 1 is 1.47 bits per heavy atom. The highest BCUT2D eigenvalue weighted by Gasteiger charge is 2.07. The van der Waals surface area contributed by atoms with Crippen molar-refractivity contribution in [3.05, 3.63) is 28.8 Å². The van der Waals surface area contributed by atoms with E-state index in [1.165, 1.54) is 0 Å². The number of anilines is 1. The Morgan fingerprint density at radius 3 is 2.80 bits per heavy atom. The molecule has 0 aromatic heterocycles. The number of carbonyl (C=O) groups excluding carboxylic acids is 1. The number of amides is 1. The van der Waals surface area contributed by atoms with Crippen molar-refractivity contribution in [1.29, 1.82) is 0 Å². The van der Waals surface area contributed by atoms with Gasteiger partial charge < -0.3 is 5.32 Å². The Balaban J connectivity index is 2.68. The van der Waals surface area contributed by atoms with Crippen LogP contribution in [0.5, 0.6) is 0 Å². The van der Waals surface area contributed by atoms with E-state index in [1.807, 2.05) is 19.1 Å². The van der Waals surface area contributed by atoms with Gasteiger partial charge in [0.05, 0.1) is 10.7 Å². The molecule has 0 unspecified atom stereocenters. The number of hydrogen-bond donors (Lipinski definition) is 1. The number of halogens is 1. The van der Waals surface area contributed by atoms with Crippen LogP contribution >= 0.6 is 11.6 Å². The molecule has 0 heterocycles. The summed E-state index contributed by atoms with van der Waals surface area (Å²) < 4.78 is 0. The fourth-order valence-electron chi connectivity index (χ4n) is 1.33. The zero-order valence-electron chi connectivity index (χ0n) is 9.14. The molecule has 1 N–H and O–H groups in total. The Morgan fingerprint density at radius 2 is 2.20 bits per heavy atom. The Kier molecular flexibility index (Phi) is 4.63. The summed E-state index contributed by atoms with van der Waals surface area (Å²) in [5.74, 6) is 0.0352. The molecule has 1 rings (SSSR count). The lowest BCUT2D eigenvalue weighted by Gasteiger charge is -2.09. The highest BCUT2D eigenvalue weighted by atomic mass is 35.5. The molecule has 0 aliphatic rings. The second-order valence-corrected chi connectivity index (χ2v) is 3.99. The van der Waals surface area contributed by atoms with Crippen LogP contribution in [0.2, 0.25) is 5.02 Å². The van der Waals surface area contributed by atoms with Crippen molar-refractivity contribution in [3.8, 4) is 0 Å². The maximum Gasteiger partial charge on any atom is 0.224 e. The van der Waals surface area contributed by atoms with Crippen LogP contribution in [-0.4, -0.2) is 5.91 Å². The molecule has 0 saturated carbocycles. The van der Waals surface area contributed by atoms with Crippen LogP contribution in [0, 0.1) is 6.92 Å². The predicted molar refractivity (Wildman–Crippen MR) is 64.3 cm³/mol. The third-order valence-corrected chi connectivity index (χ3v) is 2.56. The van der Waals surface area contributed by atoms with E-state index < -0.39 is 0 Å². The van der Waals surface area contributed by atoms with E-state index in [4.69, 9.17) is 11.6 Å². The smallest absolute Gasteiger partial charge is 0.224 e. The monoisotopic (exact) mass is 225 g/mol. The van der Waals surface area contributed by atoms with Crippen molar-refractivity contribution >= 4 is 23.2 Å². The average molecular weight is 226 g/mol. The van der Waals surface area contributed by atoms with E-state index in [0.29, 0.717) is 11.4 Å². The fourth-order valence-corrected chi connectivity index (χ4v) is 1.60. The Hall–Kier alpha value is -1.02. The first-order chi connectivity index (χ1) is 7.15.